The average Bonchev–Trinajstić information content (AvgIpc) is 3.12. The number of nitrogens with zero attached hydrogens (tertiary/aromatic N) is 2. The molecule has 6 heteroatoms. The molecule has 1 saturated heterocycles. The van der Waals surface area contributed by atoms with Gasteiger partial charge in [-0.25, -0.2) is 0 Å². The van der Waals surface area contributed by atoms with E-state index < -0.39 is 11.8 Å². The minimum atomic E-state index is -0.448. The molecule has 7 rings (SSSR count). The SMILES string of the molecule is COc1cccc(/C=N\N2C(=O)[C@H]3C4c5ccccc5C(c5ccccc54)[C@@H]3C2=O)c1OC. The summed E-state index contributed by atoms with van der Waals surface area (Å²) in [5.41, 5.74) is 5.20. The van der Waals surface area contributed by atoms with Crippen LogP contribution in [0.2, 0.25) is 0 Å². The lowest BCUT2D eigenvalue weighted by molar-refractivity contribution is -0.139. The molecule has 164 valence electrons. The monoisotopic (exact) mass is 438 g/mol. The van der Waals surface area contributed by atoms with Crippen LogP contribution in [0.1, 0.15) is 39.7 Å². The molecule has 0 unspecified atom stereocenters. The van der Waals surface area contributed by atoms with E-state index in [-0.39, 0.29) is 23.7 Å². The number of imide groups is 1. The number of rotatable bonds is 4. The third-order valence-electron chi connectivity index (χ3n) is 7.17. The van der Waals surface area contributed by atoms with Crippen molar-refractivity contribution in [1.29, 1.82) is 0 Å². The van der Waals surface area contributed by atoms with Crippen LogP contribution >= 0.6 is 0 Å². The fourth-order valence-corrected chi connectivity index (χ4v) is 5.91. The van der Waals surface area contributed by atoms with Crippen LogP contribution in [-0.2, 0) is 9.59 Å². The second-order valence-corrected chi connectivity index (χ2v) is 8.58. The van der Waals surface area contributed by atoms with E-state index in [2.05, 4.69) is 29.4 Å². The quantitative estimate of drug-likeness (QED) is 0.457. The number of hydrogen-bond acceptors (Lipinski definition) is 5. The number of methoxy groups -OCH3 is 2. The highest BCUT2D eigenvalue weighted by molar-refractivity contribution is 6.08. The molecule has 2 atom stereocenters. The van der Waals surface area contributed by atoms with Crippen LogP contribution in [0, 0.1) is 11.8 Å². The maximum atomic E-state index is 13.6. The molecule has 0 radical (unpaired) electrons. The van der Waals surface area contributed by atoms with E-state index in [4.69, 9.17) is 9.47 Å². The van der Waals surface area contributed by atoms with Crippen LogP contribution in [0.3, 0.4) is 0 Å². The fraction of sp³-hybridized carbons (Fsp3) is 0.222. The highest BCUT2D eigenvalue weighted by atomic mass is 16.5. The van der Waals surface area contributed by atoms with E-state index in [1.54, 1.807) is 26.4 Å². The van der Waals surface area contributed by atoms with Crippen LogP contribution < -0.4 is 9.47 Å². The Morgan fingerprint density at radius 1 is 0.727 bits per heavy atom. The number of carbonyl (C=O) groups is 2. The third-order valence-corrected chi connectivity index (χ3v) is 7.17. The third kappa shape index (κ3) is 2.64. The van der Waals surface area contributed by atoms with E-state index in [0.717, 1.165) is 27.3 Å². The van der Waals surface area contributed by atoms with E-state index in [9.17, 15) is 9.59 Å². The molecule has 3 aromatic carbocycles. The number of hydrazone groups is 1. The fourth-order valence-electron chi connectivity index (χ4n) is 5.91. The van der Waals surface area contributed by atoms with Gasteiger partial charge in [0.2, 0.25) is 0 Å². The Hall–Kier alpha value is -3.93. The molecular formula is C27H22N2O4. The Morgan fingerprint density at radius 3 is 1.70 bits per heavy atom. The zero-order valence-electron chi connectivity index (χ0n) is 18.3. The summed E-state index contributed by atoms with van der Waals surface area (Å²) in [6.07, 6.45) is 1.50. The number of amides is 2. The number of benzene rings is 3. The molecule has 6 nitrogen and oxygen atoms in total. The first kappa shape index (κ1) is 19.7. The van der Waals surface area contributed by atoms with Gasteiger partial charge in [0.15, 0.2) is 11.5 Å². The molecule has 33 heavy (non-hydrogen) atoms. The van der Waals surface area contributed by atoms with Gasteiger partial charge in [-0.1, -0.05) is 54.6 Å². The zero-order chi connectivity index (χ0) is 22.7. The zero-order valence-corrected chi connectivity index (χ0v) is 18.3. The van der Waals surface area contributed by atoms with Crippen molar-refractivity contribution in [2.75, 3.05) is 14.2 Å². The van der Waals surface area contributed by atoms with Gasteiger partial charge in [-0.05, 0) is 34.4 Å². The minimum absolute atomic E-state index is 0.143. The van der Waals surface area contributed by atoms with Crippen molar-refractivity contribution in [1.82, 2.24) is 5.01 Å². The van der Waals surface area contributed by atoms with Crippen LogP contribution in [0.15, 0.2) is 71.8 Å². The predicted octanol–water partition coefficient (Wildman–Crippen LogP) is 3.93. The van der Waals surface area contributed by atoms with Crippen molar-refractivity contribution in [2.24, 2.45) is 16.9 Å². The van der Waals surface area contributed by atoms with E-state index in [1.165, 1.54) is 6.21 Å². The van der Waals surface area contributed by atoms with Crippen molar-refractivity contribution in [2.45, 2.75) is 11.8 Å². The standard InChI is InChI=1S/C27H22N2O4/c1-32-20-13-7-8-15(25(20)33-2)14-28-29-26(30)23-21-16-9-3-4-10-17(16)22(24(23)27(29)31)19-12-6-5-11-18(19)21/h3-14,21-24H,1-2H3/b28-14-/t21?,22?,23-,24-/m0/s1. The molecule has 3 aliphatic carbocycles. The number of para-hydroxylation sites is 1. The molecule has 1 fully saturated rings. The first-order valence-electron chi connectivity index (χ1n) is 11.0. The number of ether oxygens (including phenoxy) is 2. The summed E-state index contributed by atoms with van der Waals surface area (Å²) in [6.45, 7) is 0. The van der Waals surface area contributed by atoms with Crippen molar-refractivity contribution in [3.8, 4) is 11.5 Å². The molecule has 1 heterocycles. The van der Waals surface area contributed by atoms with E-state index in [0.29, 0.717) is 17.1 Å². The Kier molecular flexibility index (Phi) is 4.37. The molecular weight excluding hydrogens is 416 g/mol. The highest BCUT2D eigenvalue weighted by Gasteiger charge is 2.61. The highest BCUT2D eigenvalue weighted by Crippen LogP contribution is 2.60. The van der Waals surface area contributed by atoms with Gasteiger partial charge in [0.1, 0.15) is 0 Å². The molecule has 2 amide bonds. The molecule has 0 saturated carbocycles. The summed E-state index contributed by atoms with van der Waals surface area (Å²) in [5, 5.41) is 5.42. The van der Waals surface area contributed by atoms with Crippen molar-refractivity contribution >= 4 is 18.0 Å². The molecule has 0 spiro atoms. The Labute approximate surface area is 191 Å². The van der Waals surface area contributed by atoms with E-state index >= 15 is 0 Å². The predicted molar refractivity (Wildman–Crippen MR) is 123 cm³/mol. The van der Waals surface area contributed by atoms with Crippen molar-refractivity contribution in [3.63, 3.8) is 0 Å². The topological polar surface area (TPSA) is 68.2 Å². The minimum Gasteiger partial charge on any atom is -0.493 e. The van der Waals surface area contributed by atoms with E-state index in [1.807, 2.05) is 30.3 Å². The summed E-state index contributed by atoms with van der Waals surface area (Å²) in [5.74, 6) is -0.623. The summed E-state index contributed by atoms with van der Waals surface area (Å²) in [7, 11) is 3.10. The molecule has 4 aliphatic rings. The number of carbonyl (C=O) groups excluding carboxylic acids is 2. The largest absolute Gasteiger partial charge is 0.493 e. The maximum absolute atomic E-state index is 13.6. The summed E-state index contributed by atoms with van der Waals surface area (Å²) < 4.78 is 10.8. The van der Waals surface area contributed by atoms with Crippen LogP contribution in [0.25, 0.3) is 0 Å². The Morgan fingerprint density at radius 2 is 1.24 bits per heavy atom. The molecule has 0 aromatic heterocycles. The first-order valence-corrected chi connectivity index (χ1v) is 11.0. The van der Waals surface area contributed by atoms with Crippen molar-refractivity contribution < 1.29 is 19.1 Å². The van der Waals surface area contributed by atoms with Gasteiger partial charge in [-0.2, -0.15) is 10.1 Å². The second kappa shape index (κ2) is 7.30. The molecule has 2 bridgehead atoms. The number of hydrogen-bond donors (Lipinski definition) is 0. The Balaban J connectivity index is 1.43. The average molecular weight is 438 g/mol. The van der Waals surface area contributed by atoms with Gasteiger partial charge in [0.05, 0.1) is 32.3 Å². The van der Waals surface area contributed by atoms with Gasteiger partial charge in [0.25, 0.3) is 11.8 Å². The van der Waals surface area contributed by atoms with Gasteiger partial charge in [-0.15, -0.1) is 0 Å². The lowest BCUT2D eigenvalue weighted by Crippen LogP contribution is -2.41. The van der Waals surface area contributed by atoms with Crippen LogP contribution in [0.5, 0.6) is 11.5 Å². The van der Waals surface area contributed by atoms with Crippen LogP contribution in [-0.4, -0.2) is 37.3 Å². The van der Waals surface area contributed by atoms with Gasteiger partial charge < -0.3 is 9.47 Å². The molecule has 1 aliphatic heterocycles. The summed E-state index contributed by atoms with van der Waals surface area (Å²) in [6, 6.07) is 21.8. The van der Waals surface area contributed by atoms with Gasteiger partial charge >= 0.3 is 0 Å². The Bertz CT molecular complexity index is 1220. The van der Waals surface area contributed by atoms with Crippen molar-refractivity contribution in [3.05, 3.63) is 94.5 Å². The summed E-state index contributed by atoms with van der Waals surface area (Å²) >= 11 is 0. The first-order chi connectivity index (χ1) is 16.2. The second-order valence-electron chi connectivity index (χ2n) is 8.58. The van der Waals surface area contributed by atoms with Gasteiger partial charge in [0, 0.05) is 17.4 Å². The normalized spacial score (nSPS) is 24.6. The van der Waals surface area contributed by atoms with Gasteiger partial charge in [-0.3, -0.25) is 9.59 Å². The maximum Gasteiger partial charge on any atom is 0.254 e. The van der Waals surface area contributed by atoms with Crippen LogP contribution in [0.4, 0.5) is 0 Å². The smallest absolute Gasteiger partial charge is 0.254 e. The lowest BCUT2D eigenvalue weighted by atomic mass is 9.55. The summed E-state index contributed by atoms with van der Waals surface area (Å²) in [4.78, 5) is 27.2. The molecule has 3 aromatic rings. The lowest BCUT2D eigenvalue weighted by Gasteiger charge is -2.45. The molecule has 0 N–H and O–H groups in total.